The molecule has 5 heterocycles. The Balaban J connectivity index is 0.00000544. The van der Waals surface area contributed by atoms with Crippen molar-refractivity contribution in [1.82, 2.24) is 0 Å². The van der Waals surface area contributed by atoms with E-state index in [0.717, 1.165) is 0 Å². The average molecular weight is 1000 g/mol. The standard InChI is InChI=1S/C38H66O22S2.4CH4/c1-3-17-4-54-28(33(43)30(17)40)13-53-8-21-25(60-62)16-57-27(32(21)42)12-52-7-20-24(59-61)15-56-26(31(20)41)11-50-5-18-19(23(10-49-2)55-9-22(18)39)6-51-14-29-34(44)35(45)36(46)37(58-29)38(47)48;;;;/h17-37,39-46,61-62H,3-16H2,1-2H3,(H,47,48);4*1H4/t17-,18-,19?,20+,21+,22-,23+,24+,25+,26+,27+,28+,29-,30+,31?,32?,33?,34?,35+,36+,37?;;;;/m1..../s1. The number of carboxylic acids is 1. The molecule has 0 radical (unpaired) electrons. The van der Waals surface area contributed by atoms with Gasteiger partial charge in [0.2, 0.25) is 0 Å². The molecule has 66 heavy (non-hydrogen) atoms. The Kier molecular flexibility index (Phi) is 29.7. The molecule has 5 rings (SSSR count). The molecule has 5 aliphatic heterocycles. The van der Waals surface area contributed by atoms with E-state index in [1.54, 1.807) is 0 Å². The average Bonchev–Trinajstić information content (AvgIpc) is 3.25. The number of rotatable bonds is 22. The molecular weight excluding hydrogens is 921 g/mol. The molecule has 0 aliphatic carbocycles. The molecule has 394 valence electrons. The van der Waals surface area contributed by atoms with E-state index in [2.05, 4.69) is 25.8 Å². The predicted octanol–water partition coefficient (Wildman–Crippen LogP) is -1.47. The summed E-state index contributed by atoms with van der Waals surface area (Å²) in [4.78, 5) is 11.5. The van der Waals surface area contributed by atoms with Gasteiger partial charge in [0.25, 0.3) is 0 Å². The van der Waals surface area contributed by atoms with Crippen molar-refractivity contribution in [3.05, 3.63) is 0 Å². The van der Waals surface area contributed by atoms with Crippen molar-refractivity contribution >= 4 is 31.8 Å². The molecule has 0 bridgehead atoms. The van der Waals surface area contributed by atoms with E-state index in [9.17, 15) is 50.8 Å². The Bertz CT molecular complexity index is 1320. The van der Waals surface area contributed by atoms with Gasteiger partial charge in [-0.15, -0.1) is 0 Å². The number of aliphatic hydroxyl groups excluding tert-OH is 8. The van der Waals surface area contributed by atoms with Crippen molar-refractivity contribution in [2.24, 2.45) is 29.6 Å². The maximum atomic E-state index is 11.5. The lowest BCUT2D eigenvalue weighted by molar-refractivity contribution is -0.239. The smallest absolute Gasteiger partial charge is 0.335 e. The molecule has 24 heteroatoms. The summed E-state index contributed by atoms with van der Waals surface area (Å²) in [6.07, 6.45) is -17.2. The highest BCUT2D eigenvalue weighted by Crippen LogP contribution is 2.32. The third kappa shape index (κ3) is 15.9. The zero-order valence-electron chi connectivity index (χ0n) is 34.8. The number of carbonyl (C=O) groups is 1. The molecule has 0 spiro atoms. The van der Waals surface area contributed by atoms with Crippen LogP contribution in [0.1, 0.15) is 43.1 Å². The van der Waals surface area contributed by atoms with E-state index in [1.807, 2.05) is 6.92 Å². The van der Waals surface area contributed by atoms with Crippen molar-refractivity contribution in [3.8, 4) is 0 Å². The van der Waals surface area contributed by atoms with Gasteiger partial charge < -0.3 is 102 Å². The van der Waals surface area contributed by atoms with Crippen molar-refractivity contribution in [2.75, 3.05) is 93.0 Å². The van der Waals surface area contributed by atoms with Gasteiger partial charge in [-0.1, -0.05) is 36.6 Å². The minimum Gasteiger partial charge on any atom is -0.479 e. The predicted molar refractivity (Wildman–Crippen MR) is 241 cm³/mol. The van der Waals surface area contributed by atoms with Crippen LogP contribution in [0.3, 0.4) is 0 Å². The van der Waals surface area contributed by atoms with Crippen LogP contribution in [0.5, 0.6) is 0 Å². The highest BCUT2D eigenvalue weighted by molar-refractivity contribution is 7.75. The fourth-order valence-electron chi connectivity index (χ4n) is 8.65. The molecule has 9 N–H and O–H groups in total. The van der Waals surface area contributed by atoms with Crippen LogP contribution in [0.4, 0.5) is 0 Å². The van der Waals surface area contributed by atoms with E-state index in [-0.39, 0.29) is 115 Å². The van der Waals surface area contributed by atoms with Gasteiger partial charge in [-0.25, -0.2) is 4.79 Å². The van der Waals surface area contributed by atoms with Crippen molar-refractivity contribution in [2.45, 2.75) is 141 Å². The van der Waals surface area contributed by atoms with Gasteiger partial charge in [0, 0.05) is 36.7 Å². The van der Waals surface area contributed by atoms with Gasteiger partial charge >= 0.3 is 5.97 Å². The van der Waals surface area contributed by atoms with Gasteiger partial charge in [-0.05, 0) is 32.2 Å². The van der Waals surface area contributed by atoms with Gasteiger partial charge in [-0.2, -0.15) is 0 Å². The fourth-order valence-corrected chi connectivity index (χ4v) is 9.08. The molecule has 0 amide bonds. The van der Waals surface area contributed by atoms with Gasteiger partial charge in [0.05, 0.1) is 116 Å². The SMILES string of the molecule is C.C.C.C.CC[C@@H]1CO[C@@H](COC[C@@H]2C(O)[C@H](COC[C@@H]3C(O)[C@H](COC[C@@H]4C(COC[C@H]5OC(C(=O)O)[C@@H](O)[C@@H](O)C5O)[C@H](COC)OC[C@H]4O)OC[C@@H]3OS)OC[C@@H]2OS)C(O)[C@H]1O. The number of aliphatic carboxylic acids is 1. The number of aliphatic hydroxyl groups is 8. The Hall–Kier alpha value is -0.630. The Morgan fingerprint density at radius 1 is 0.500 bits per heavy atom. The fraction of sp³-hybridized carbons (Fsp3) is 0.976. The van der Waals surface area contributed by atoms with Crippen LogP contribution < -0.4 is 0 Å². The second-order valence-electron chi connectivity index (χ2n) is 16.6. The molecular formula is C42H82O22S2. The molecule has 0 aromatic rings. The second kappa shape index (κ2) is 31.0. The molecule has 6 unspecified atom stereocenters. The largest absolute Gasteiger partial charge is 0.479 e. The summed E-state index contributed by atoms with van der Waals surface area (Å²) in [7, 11) is 1.48. The van der Waals surface area contributed by atoms with E-state index in [0.29, 0.717) is 13.0 Å². The summed E-state index contributed by atoms with van der Waals surface area (Å²) in [5.41, 5.74) is 0. The summed E-state index contributed by atoms with van der Waals surface area (Å²) in [5, 5.41) is 94.6. The van der Waals surface area contributed by atoms with Gasteiger partial charge in [0.1, 0.15) is 61.0 Å². The molecule has 22 nitrogen and oxygen atoms in total. The Labute approximate surface area is 400 Å². The third-order valence-electron chi connectivity index (χ3n) is 12.7. The lowest BCUT2D eigenvalue weighted by Crippen LogP contribution is -2.60. The topological polar surface area (TPSA) is 310 Å². The van der Waals surface area contributed by atoms with E-state index in [4.69, 9.17) is 55.7 Å². The molecule has 5 aliphatic rings. The summed E-state index contributed by atoms with van der Waals surface area (Å²) < 4.78 is 68.1. The van der Waals surface area contributed by atoms with E-state index in [1.165, 1.54) is 7.11 Å². The minimum absolute atomic E-state index is 0. The van der Waals surface area contributed by atoms with Gasteiger partial charge in [0.15, 0.2) is 6.10 Å². The lowest BCUT2D eigenvalue weighted by Gasteiger charge is -2.42. The number of hydrogen-bond acceptors (Lipinski definition) is 23. The normalized spacial score (nSPS) is 41.6. The van der Waals surface area contributed by atoms with Crippen molar-refractivity contribution in [1.29, 1.82) is 0 Å². The van der Waals surface area contributed by atoms with Crippen molar-refractivity contribution < 1.29 is 106 Å². The maximum absolute atomic E-state index is 11.5. The maximum Gasteiger partial charge on any atom is 0.335 e. The quantitative estimate of drug-likeness (QED) is 0.0436. The summed E-state index contributed by atoms with van der Waals surface area (Å²) in [5.74, 6) is -4.04. The zero-order valence-corrected chi connectivity index (χ0v) is 36.5. The summed E-state index contributed by atoms with van der Waals surface area (Å²) in [6, 6.07) is 0. The first-order valence-electron chi connectivity index (χ1n) is 20.9. The van der Waals surface area contributed by atoms with Crippen LogP contribution in [0.15, 0.2) is 0 Å². The number of carboxylic acid groups (broad SMARTS) is 1. The van der Waals surface area contributed by atoms with Crippen molar-refractivity contribution in [3.63, 3.8) is 0 Å². The molecule has 21 atom stereocenters. The third-order valence-corrected chi connectivity index (χ3v) is 13.3. The first-order chi connectivity index (χ1) is 29.8. The van der Waals surface area contributed by atoms with Crippen LogP contribution in [0, 0.1) is 29.6 Å². The molecule has 5 saturated heterocycles. The van der Waals surface area contributed by atoms with Crippen LogP contribution >= 0.6 is 25.8 Å². The van der Waals surface area contributed by atoms with Crippen LogP contribution in [-0.2, 0) is 60.5 Å². The lowest BCUT2D eigenvalue weighted by atomic mass is 9.82. The summed E-state index contributed by atoms with van der Waals surface area (Å²) in [6.45, 7) is 1.75. The highest BCUT2D eigenvalue weighted by Gasteiger charge is 2.48. The van der Waals surface area contributed by atoms with Crippen LogP contribution in [-0.4, -0.2) is 243 Å². The van der Waals surface area contributed by atoms with Crippen LogP contribution in [0.2, 0.25) is 0 Å². The van der Waals surface area contributed by atoms with Crippen LogP contribution in [0.25, 0.3) is 0 Å². The zero-order chi connectivity index (χ0) is 45.1. The number of methoxy groups -OCH3 is 1. The monoisotopic (exact) mass is 1000 g/mol. The molecule has 0 aromatic carbocycles. The molecule has 0 saturated carbocycles. The van der Waals surface area contributed by atoms with E-state index < -0.39 is 127 Å². The Morgan fingerprint density at radius 2 is 0.924 bits per heavy atom. The number of hydrogen-bond donors (Lipinski definition) is 11. The van der Waals surface area contributed by atoms with Gasteiger partial charge in [-0.3, -0.25) is 0 Å². The molecule has 5 fully saturated rings. The molecule has 0 aromatic heterocycles. The first kappa shape index (κ1) is 63.4. The first-order valence-corrected chi connectivity index (χ1v) is 21.7. The highest BCUT2D eigenvalue weighted by atomic mass is 32.1. The summed E-state index contributed by atoms with van der Waals surface area (Å²) >= 11 is 7.93. The van der Waals surface area contributed by atoms with E-state index >= 15 is 0 Å². The minimum atomic E-state index is -1.84. The Morgan fingerprint density at radius 3 is 1.39 bits per heavy atom. The number of ether oxygens (including phenoxy) is 10. The number of thiol groups is 2. The second-order valence-corrected chi connectivity index (χ2v) is 17.1.